The molecule has 1 aliphatic rings. The van der Waals surface area contributed by atoms with Gasteiger partial charge in [0.1, 0.15) is 0 Å². The van der Waals surface area contributed by atoms with Gasteiger partial charge in [0, 0.05) is 9.52 Å². The molecule has 3 heteroatoms. The molecule has 1 fully saturated rings. The van der Waals surface area contributed by atoms with Gasteiger partial charge in [-0.2, -0.15) is 0 Å². The van der Waals surface area contributed by atoms with E-state index in [0.717, 1.165) is 26.2 Å². The van der Waals surface area contributed by atoms with Gasteiger partial charge in [0.25, 0.3) is 0 Å². The first-order valence-corrected chi connectivity index (χ1v) is 9.74. The van der Waals surface area contributed by atoms with E-state index in [1.165, 1.54) is 49.4 Å². The minimum atomic E-state index is -0.796. The molecule has 0 saturated heterocycles. The Bertz CT molecular complexity index is 643. The third-order valence-corrected chi connectivity index (χ3v) is 6.42. The van der Waals surface area contributed by atoms with E-state index in [4.69, 9.17) is 0 Å². The average molecular weight is 328 g/mol. The smallest absolute Gasteiger partial charge is 0.159 e. The van der Waals surface area contributed by atoms with E-state index < -0.39 is 11.6 Å². The average Bonchev–Trinajstić information content (AvgIpc) is 2.59. The molecule has 2 aromatic rings. The van der Waals surface area contributed by atoms with Gasteiger partial charge in [0.05, 0.1) is 0 Å². The molecule has 0 heterocycles. The maximum Gasteiger partial charge on any atom is 0.159 e. The zero-order valence-corrected chi connectivity index (χ0v) is 14.5. The van der Waals surface area contributed by atoms with E-state index in [0.29, 0.717) is 5.92 Å². The Morgan fingerprint density at radius 1 is 0.870 bits per heavy atom. The summed E-state index contributed by atoms with van der Waals surface area (Å²) in [6.45, 7) is 2.28. The molecular formula is C20H22F2Si. The van der Waals surface area contributed by atoms with E-state index in [1.54, 1.807) is 6.07 Å². The van der Waals surface area contributed by atoms with Crippen molar-refractivity contribution in [1.82, 2.24) is 0 Å². The second-order valence-electron chi connectivity index (χ2n) is 6.36. The molecule has 2 radical (unpaired) electrons. The second kappa shape index (κ2) is 7.39. The summed E-state index contributed by atoms with van der Waals surface area (Å²) in [6, 6.07) is 13.8. The molecule has 120 valence electrons. The first-order valence-electron chi connectivity index (χ1n) is 8.46. The highest BCUT2D eigenvalue weighted by molar-refractivity contribution is 6.37. The minimum Gasteiger partial charge on any atom is -0.204 e. The first kappa shape index (κ1) is 16.4. The lowest BCUT2D eigenvalue weighted by Crippen LogP contribution is -2.13. The Labute approximate surface area is 139 Å². The molecule has 1 aliphatic carbocycles. The molecule has 0 nitrogen and oxygen atoms in total. The molecule has 2 aromatic carbocycles. The molecule has 0 N–H and O–H groups in total. The second-order valence-corrected chi connectivity index (χ2v) is 8.29. The molecule has 0 atom stereocenters. The standard InChI is InChI=1S/C20H22F2Si/c1-2-23-18-10-7-15(8-11-18)14-3-5-16(6-4-14)17-9-12-19(21)20(22)13-17/h3-6,9,12-13,15,18H,2,7-8,10-11H2,1H3. The van der Waals surface area contributed by atoms with Crippen LogP contribution in [0.15, 0.2) is 42.5 Å². The third kappa shape index (κ3) is 3.89. The predicted octanol–water partition coefficient (Wildman–Crippen LogP) is 6.22. The van der Waals surface area contributed by atoms with Crippen molar-refractivity contribution >= 4 is 9.52 Å². The molecular weight excluding hydrogens is 306 g/mol. The van der Waals surface area contributed by atoms with Crippen LogP contribution in [0.5, 0.6) is 0 Å². The highest BCUT2D eigenvalue weighted by atomic mass is 28.2. The summed E-state index contributed by atoms with van der Waals surface area (Å²) in [5.41, 5.74) is 3.99. The van der Waals surface area contributed by atoms with Crippen molar-refractivity contribution in [3.05, 3.63) is 59.7 Å². The summed E-state index contributed by atoms with van der Waals surface area (Å²) in [6.07, 6.45) is 5.26. The van der Waals surface area contributed by atoms with Crippen LogP contribution in [-0.2, 0) is 0 Å². The first-order chi connectivity index (χ1) is 11.2. The maximum atomic E-state index is 13.4. The summed E-state index contributed by atoms with van der Waals surface area (Å²) in [5.74, 6) is -0.927. The zero-order valence-electron chi connectivity index (χ0n) is 13.5. The molecule has 0 aliphatic heterocycles. The maximum absolute atomic E-state index is 13.4. The fourth-order valence-corrected chi connectivity index (χ4v) is 4.86. The summed E-state index contributed by atoms with van der Waals surface area (Å²) < 4.78 is 26.4. The van der Waals surface area contributed by atoms with E-state index in [-0.39, 0.29) is 0 Å². The van der Waals surface area contributed by atoms with Gasteiger partial charge in [-0.05, 0) is 53.1 Å². The van der Waals surface area contributed by atoms with E-state index in [1.807, 2.05) is 12.1 Å². The van der Waals surface area contributed by atoms with Crippen LogP contribution in [0.3, 0.4) is 0 Å². The van der Waals surface area contributed by atoms with Crippen molar-refractivity contribution in [2.75, 3.05) is 0 Å². The lowest BCUT2D eigenvalue weighted by molar-refractivity contribution is 0.441. The Kier molecular flexibility index (Phi) is 5.26. The van der Waals surface area contributed by atoms with Gasteiger partial charge in [0.2, 0.25) is 0 Å². The number of hydrogen-bond acceptors (Lipinski definition) is 0. The van der Waals surface area contributed by atoms with Gasteiger partial charge in [-0.25, -0.2) is 8.78 Å². The molecule has 1 saturated carbocycles. The molecule has 0 amide bonds. The van der Waals surface area contributed by atoms with Crippen LogP contribution in [0.2, 0.25) is 11.6 Å². The van der Waals surface area contributed by atoms with Crippen molar-refractivity contribution in [3.63, 3.8) is 0 Å². The quantitative estimate of drug-likeness (QED) is 0.584. The number of halogens is 2. The van der Waals surface area contributed by atoms with Gasteiger partial charge >= 0.3 is 0 Å². The summed E-state index contributed by atoms with van der Waals surface area (Å²) in [4.78, 5) is 0. The van der Waals surface area contributed by atoms with Crippen LogP contribution >= 0.6 is 0 Å². The lowest BCUT2D eigenvalue weighted by atomic mass is 9.83. The van der Waals surface area contributed by atoms with Crippen LogP contribution in [0, 0.1) is 11.6 Å². The van der Waals surface area contributed by atoms with Crippen LogP contribution in [-0.4, -0.2) is 9.52 Å². The van der Waals surface area contributed by atoms with Crippen LogP contribution in [0.4, 0.5) is 8.78 Å². The molecule has 0 unspecified atom stereocenters. The predicted molar refractivity (Wildman–Crippen MR) is 93.0 cm³/mol. The van der Waals surface area contributed by atoms with Crippen molar-refractivity contribution < 1.29 is 8.78 Å². The van der Waals surface area contributed by atoms with Gasteiger partial charge in [-0.15, -0.1) is 0 Å². The fourth-order valence-electron chi connectivity index (χ4n) is 3.54. The highest BCUT2D eigenvalue weighted by Gasteiger charge is 2.22. The highest BCUT2D eigenvalue weighted by Crippen LogP contribution is 2.39. The van der Waals surface area contributed by atoms with Gasteiger partial charge in [-0.3, -0.25) is 0 Å². The van der Waals surface area contributed by atoms with Crippen LogP contribution in [0.25, 0.3) is 11.1 Å². The van der Waals surface area contributed by atoms with E-state index >= 15 is 0 Å². The van der Waals surface area contributed by atoms with Crippen molar-refractivity contribution in [2.24, 2.45) is 0 Å². The van der Waals surface area contributed by atoms with Gasteiger partial charge in [-0.1, -0.05) is 56.1 Å². The van der Waals surface area contributed by atoms with Gasteiger partial charge in [0.15, 0.2) is 11.6 Å². The van der Waals surface area contributed by atoms with E-state index in [9.17, 15) is 8.78 Å². The van der Waals surface area contributed by atoms with Crippen molar-refractivity contribution in [1.29, 1.82) is 0 Å². The molecule has 0 aromatic heterocycles. The topological polar surface area (TPSA) is 0 Å². The van der Waals surface area contributed by atoms with E-state index in [2.05, 4.69) is 19.1 Å². The van der Waals surface area contributed by atoms with Gasteiger partial charge < -0.3 is 0 Å². The summed E-state index contributed by atoms with van der Waals surface area (Å²) >= 11 is 0. The number of rotatable bonds is 4. The van der Waals surface area contributed by atoms with Crippen molar-refractivity contribution in [2.45, 2.75) is 50.1 Å². The number of hydrogen-bond donors (Lipinski definition) is 0. The molecule has 3 rings (SSSR count). The molecule has 0 bridgehead atoms. The SMILES string of the molecule is CC[Si]C1CCC(c2ccc(-c3ccc(F)c(F)c3)cc2)CC1. The largest absolute Gasteiger partial charge is 0.204 e. The zero-order chi connectivity index (χ0) is 16.2. The third-order valence-electron chi connectivity index (χ3n) is 4.86. The minimum absolute atomic E-state index is 0.659. The normalized spacial score (nSPS) is 21.3. The lowest BCUT2D eigenvalue weighted by Gasteiger charge is -2.28. The number of benzene rings is 2. The Morgan fingerprint density at radius 3 is 2.13 bits per heavy atom. The van der Waals surface area contributed by atoms with Crippen LogP contribution in [0.1, 0.15) is 44.1 Å². The summed E-state index contributed by atoms with van der Waals surface area (Å²) in [7, 11) is 1.12. The van der Waals surface area contributed by atoms with Crippen molar-refractivity contribution in [3.8, 4) is 11.1 Å². The monoisotopic (exact) mass is 328 g/mol. The molecule has 23 heavy (non-hydrogen) atoms. The fraction of sp³-hybridized carbons (Fsp3) is 0.400. The molecule has 0 spiro atoms. The Morgan fingerprint density at radius 2 is 1.52 bits per heavy atom. The summed E-state index contributed by atoms with van der Waals surface area (Å²) in [5, 5.41) is 0. The Hall–Kier alpha value is -1.48. The van der Waals surface area contributed by atoms with Crippen LogP contribution < -0.4 is 0 Å². The Balaban J connectivity index is 1.69.